The van der Waals surface area contributed by atoms with Gasteiger partial charge < -0.3 is 9.47 Å². The Morgan fingerprint density at radius 2 is 1.89 bits per heavy atom. The van der Waals surface area contributed by atoms with E-state index in [1.807, 2.05) is 12.1 Å². The number of rotatable bonds is 3. The van der Waals surface area contributed by atoms with E-state index in [9.17, 15) is 9.59 Å². The lowest BCUT2D eigenvalue weighted by molar-refractivity contribution is 0.0204. The average Bonchev–Trinajstić information content (AvgIpc) is 2.95. The number of hydrogen-bond acceptors (Lipinski definition) is 6. The van der Waals surface area contributed by atoms with Gasteiger partial charge in [0.15, 0.2) is 11.4 Å². The number of nitrogens with one attached hydrogen (secondary N) is 1. The van der Waals surface area contributed by atoms with Crippen molar-refractivity contribution in [2.75, 3.05) is 0 Å². The van der Waals surface area contributed by atoms with E-state index in [4.69, 9.17) is 21.1 Å². The van der Waals surface area contributed by atoms with Crippen LogP contribution in [-0.2, 0) is 4.74 Å². The Morgan fingerprint density at radius 1 is 1.21 bits per heavy atom. The van der Waals surface area contributed by atoms with Gasteiger partial charge in [-0.1, -0.05) is 23.7 Å². The van der Waals surface area contributed by atoms with Gasteiger partial charge in [-0.2, -0.15) is 10.2 Å². The lowest BCUT2D eigenvalue weighted by Gasteiger charge is -2.19. The highest BCUT2D eigenvalue weighted by atomic mass is 35.5. The van der Waals surface area contributed by atoms with E-state index < -0.39 is 17.3 Å². The third-order valence-corrected chi connectivity index (χ3v) is 3.87. The maximum Gasteiger partial charge on any atom is 0.514 e. The number of H-pyrrole nitrogens is 1. The predicted octanol–water partition coefficient (Wildman–Crippen LogP) is 3.90. The molecule has 3 rings (SSSR count). The molecule has 0 radical (unpaired) electrons. The summed E-state index contributed by atoms with van der Waals surface area (Å²) in [6, 6.07) is 8.95. The summed E-state index contributed by atoms with van der Waals surface area (Å²) in [5.41, 5.74) is 0.846. The number of aromatic nitrogens is 4. The summed E-state index contributed by atoms with van der Waals surface area (Å²) in [4.78, 5) is 24.5. The molecule has 0 unspecified atom stereocenters. The summed E-state index contributed by atoms with van der Waals surface area (Å²) in [5.74, 6) is -0.0631. The number of carbonyl (C=O) groups is 1. The minimum absolute atomic E-state index is 0.0265. The van der Waals surface area contributed by atoms with Crippen molar-refractivity contribution in [1.82, 2.24) is 20.0 Å². The van der Waals surface area contributed by atoms with Crippen molar-refractivity contribution in [2.24, 2.45) is 0 Å². The van der Waals surface area contributed by atoms with Gasteiger partial charge in [0.2, 0.25) is 0 Å². The Labute approximate surface area is 166 Å². The molecule has 0 bridgehead atoms. The van der Waals surface area contributed by atoms with Crippen LogP contribution in [0.25, 0.3) is 16.9 Å². The van der Waals surface area contributed by atoms with Gasteiger partial charge in [0.25, 0.3) is 5.56 Å². The molecule has 0 aliphatic rings. The molecule has 0 fully saturated rings. The highest BCUT2D eigenvalue weighted by molar-refractivity contribution is 6.30. The number of halogens is 1. The van der Waals surface area contributed by atoms with Gasteiger partial charge in [0.1, 0.15) is 5.60 Å². The molecule has 2 aromatic heterocycles. The second-order valence-electron chi connectivity index (χ2n) is 7.07. The zero-order valence-electron chi connectivity index (χ0n) is 15.8. The van der Waals surface area contributed by atoms with Crippen molar-refractivity contribution in [3.05, 3.63) is 57.6 Å². The van der Waals surface area contributed by atoms with Crippen LogP contribution in [0, 0.1) is 6.92 Å². The molecule has 0 saturated carbocycles. The monoisotopic (exact) mass is 402 g/mol. The van der Waals surface area contributed by atoms with E-state index in [-0.39, 0.29) is 11.4 Å². The van der Waals surface area contributed by atoms with Crippen LogP contribution in [0.4, 0.5) is 4.79 Å². The summed E-state index contributed by atoms with van der Waals surface area (Å²) in [7, 11) is 0. The van der Waals surface area contributed by atoms with Crippen molar-refractivity contribution < 1.29 is 14.3 Å². The van der Waals surface area contributed by atoms with Crippen LogP contribution in [0.1, 0.15) is 26.5 Å². The van der Waals surface area contributed by atoms with Crippen LogP contribution in [0.2, 0.25) is 5.02 Å². The number of nitrogens with zero attached hydrogens (tertiary/aromatic N) is 3. The minimum atomic E-state index is -0.941. The number of aryl methyl sites for hydroxylation is 1. The standard InChI is InChI=1S/C19H19ClN4O4/c1-11-9-14(12-5-7-13(20)8-6-12)23-24(11)16-15(10-21-22-17(16)25)27-18(26)28-19(2,3)4/h5-10H,1-4H3,(H,22,25). The third kappa shape index (κ3) is 4.40. The summed E-state index contributed by atoms with van der Waals surface area (Å²) in [6.45, 7) is 6.91. The predicted molar refractivity (Wildman–Crippen MR) is 104 cm³/mol. The first-order valence-corrected chi connectivity index (χ1v) is 8.83. The normalized spacial score (nSPS) is 11.3. The Morgan fingerprint density at radius 3 is 2.54 bits per heavy atom. The molecule has 3 aromatic rings. The molecule has 0 amide bonds. The zero-order chi connectivity index (χ0) is 20.5. The first-order valence-electron chi connectivity index (χ1n) is 8.45. The van der Waals surface area contributed by atoms with Crippen molar-refractivity contribution in [3.63, 3.8) is 0 Å². The average molecular weight is 403 g/mol. The molecule has 0 aliphatic carbocycles. The molecule has 2 heterocycles. The summed E-state index contributed by atoms with van der Waals surface area (Å²) in [5, 5.41) is 11.1. The van der Waals surface area contributed by atoms with Crippen molar-refractivity contribution >= 4 is 17.8 Å². The Bertz CT molecular complexity index is 1060. The van der Waals surface area contributed by atoms with Crippen LogP contribution in [0.15, 0.2) is 41.3 Å². The SMILES string of the molecule is Cc1cc(-c2ccc(Cl)cc2)nn1-c1c(OC(=O)OC(C)(C)C)cn[nH]c1=O. The number of ether oxygens (including phenoxy) is 2. The topological polar surface area (TPSA) is 99.1 Å². The molecule has 0 saturated heterocycles. The van der Waals surface area contributed by atoms with Crippen molar-refractivity contribution in [3.8, 4) is 22.7 Å². The smallest absolute Gasteiger partial charge is 0.428 e. The van der Waals surface area contributed by atoms with Gasteiger partial charge in [0, 0.05) is 16.3 Å². The van der Waals surface area contributed by atoms with Crippen LogP contribution < -0.4 is 10.3 Å². The quantitative estimate of drug-likeness (QED) is 0.667. The fourth-order valence-electron chi connectivity index (χ4n) is 2.47. The number of hydrogen-bond donors (Lipinski definition) is 1. The molecule has 1 aromatic carbocycles. The van der Waals surface area contributed by atoms with Gasteiger partial charge in [0.05, 0.1) is 11.9 Å². The molecule has 0 spiro atoms. The molecule has 28 heavy (non-hydrogen) atoms. The Hall–Kier alpha value is -3.13. The van der Waals surface area contributed by atoms with Crippen molar-refractivity contribution in [1.29, 1.82) is 0 Å². The lowest BCUT2D eigenvalue weighted by Crippen LogP contribution is -2.27. The highest BCUT2D eigenvalue weighted by Crippen LogP contribution is 2.25. The number of carbonyl (C=O) groups excluding carboxylic acids is 1. The van der Waals surface area contributed by atoms with Crippen LogP contribution >= 0.6 is 11.6 Å². The van der Waals surface area contributed by atoms with Gasteiger partial charge in [-0.05, 0) is 45.9 Å². The second-order valence-corrected chi connectivity index (χ2v) is 7.50. The molecular formula is C19H19ClN4O4. The molecule has 146 valence electrons. The summed E-state index contributed by atoms with van der Waals surface area (Å²) < 4.78 is 11.8. The van der Waals surface area contributed by atoms with E-state index in [0.717, 1.165) is 5.56 Å². The lowest BCUT2D eigenvalue weighted by atomic mass is 10.1. The molecule has 1 N–H and O–H groups in total. The second kappa shape index (κ2) is 7.47. The zero-order valence-corrected chi connectivity index (χ0v) is 16.6. The van der Waals surface area contributed by atoms with E-state index in [1.165, 1.54) is 10.9 Å². The van der Waals surface area contributed by atoms with Crippen LogP contribution in [0.3, 0.4) is 0 Å². The van der Waals surface area contributed by atoms with Gasteiger partial charge >= 0.3 is 6.16 Å². The first kappa shape index (κ1) is 19.6. The first-order chi connectivity index (χ1) is 13.1. The van der Waals surface area contributed by atoms with E-state index in [2.05, 4.69) is 15.3 Å². The van der Waals surface area contributed by atoms with Crippen LogP contribution in [0.5, 0.6) is 5.75 Å². The summed E-state index contributed by atoms with van der Waals surface area (Å²) in [6.07, 6.45) is 0.285. The number of benzene rings is 1. The minimum Gasteiger partial charge on any atom is -0.428 e. The maximum absolute atomic E-state index is 12.4. The fourth-order valence-corrected chi connectivity index (χ4v) is 2.60. The molecule has 8 nitrogen and oxygen atoms in total. The molecule has 0 aliphatic heterocycles. The third-order valence-electron chi connectivity index (χ3n) is 3.62. The molecular weight excluding hydrogens is 384 g/mol. The van der Waals surface area contributed by atoms with Gasteiger partial charge in [-0.15, -0.1) is 0 Å². The van der Waals surface area contributed by atoms with Gasteiger partial charge in [-0.3, -0.25) is 4.79 Å². The molecule has 0 atom stereocenters. The highest BCUT2D eigenvalue weighted by Gasteiger charge is 2.22. The maximum atomic E-state index is 12.4. The van der Waals surface area contributed by atoms with E-state index in [0.29, 0.717) is 16.4 Å². The van der Waals surface area contributed by atoms with Gasteiger partial charge in [-0.25, -0.2) is 14.6 Å². The largest absolute Gasteiger partial charge is 0.514 e. The van der Waals surface area contributed by atoms with Crippen LogP contribution in [-0.4, -0.2) is 31.7 Å². The fraction of sp³-hybridized carbons (Fsp3) is 0.263. The summed E-state index contributed by atoms with van der Waals surface area (Å²) >= 11 is 5.93. The Balaban J connectivity index is 2.01. The van der Waals surface area contributed by atoms with Crippen molar-refractivity contribution in [2.45, 2.75) is 33.3 Å². The Kier molecular flexibility index (Phi) is 5.24. The molecule has 9 heteroatoms. The van der Waals surface area contributed by atoms with E-state index >= 15 is 0 Å². The van der Waals surface area contributed by atoms with E-state index in [1.54, 1.807) is 45.9 Å². The number of aromatic amines is 1.